The molecule has 11 nitrogen and oxygen atoms in total. The van der Waals surface area contributed by atoms with Crippen molar-refractivity contribution in [3.05, 3.63) is 0 Å². The fourth-order valence-electron chi connectivity index (χ4n) is 3.06. The molecule has 3 atom stereocenters. The molecule has 3 unspecified atom stereocenters. The third-order valence-electron chi connectivity index (χ3n) is 4.73. The fraction of sp³-hybridized carbons (Fsp3) is 0.893. The molecule has 0 aromatic carbocycles. The van der Waals surface area contributed by atoms with Gasteiger partial charge in [-0.25, -0.2) is 0 Å². The lowest BCUT2D eigenvalue weighted by atomic mass is 10.1. The fourth-order valence-corrected chi connectivity index (χ4v) is 3.06. The Kier molecular flexibility index (Phi) is 41.4. The number of hydrogen-bond donors (Lipinski definition) is 7. The van der Waals surface area contributed by atoms with Gasteiger partial charge in [0.05, 0.1) is 18.7 Å². The maximum Gasteiger partial charge on any atom is 0.313 e. The summed E-state index contributed by atoms with van der Waals surface area (Å²) in [6.45, 7) is 6.71. The molecule has 0 amide bonds. The Labute approximate surface area is 236 Å². The summed E-state index contributed by atoms with van der Waals surface area (Å²) in [6, 6.07) is 0. The van der Waals surface area contributed by atoms with Crippen LogP contribution >= 0.6 is 0 Å². The number of carboxylic acids is 1. The van der Waals surface area contributed by atoms with Crippen molar-refractivity contribution >= 4 is 17.9 Å². The van der Waals surface area contributed by atoms with Gasteiger partial charge in [0, 0.05) is 19.3 Å². The Morgan fingerprint density at radius 2 is 0.769 bits per heavy atom. The summed E-state index contributed by atoms with van der Waals surface area (Å²) in [4.78, 5) is 33.6. The predicted octanol–water partition coefficient (Wildman–Crippen LogP) is 4.03. The second-order valence-electron chi connectivity index (χ2n) is 9.66. The van der Waals surface area contributed by atoms with Gasteiger partial charge in [-0.1, -0.05) is 84.0 Å². The van der Waals surface area contributed by atoms with Crippen LogP contribution in [0.3, 0.4) is 0 Å². The Hall–Kier alpha value is -1.63. The van der Waals surface area contributed by atoms with Crippen LogP contribution in [0.25, 0.3) is 0 Å². The first-order valence-corrected chi connectivity index (χ1v) is 14.5. The smallest absolute Gasteiger partial charge is 0.313 e. The second-order valence-corrected chi connectivity index (χ2v) is 9.66. The van der Waals surface area contributed by atoms with E-state index in [2.05, 4.69) is 24.1 Å². The van der Waals surface area contributed by atoms with Gasteiger partial charge in [-0.05, 0) is 40.0 Å². The molecule has 0 radical (unpaired) electrons. The van der Waals surface area contributed by atoms with E-state index in [-0.39, 0.29) is 12.4 Å². The molecule has 0 aliphatic carbocycles. The number of carbonyl (C=O) groups excluding carboxylic acids is 2. The molecule has 39 heavy (non-hydrogen) atoms. The highest BCUT2D eigenvalue weighted by Crippen LogP contribution is 2.12. The van der Waals surface area contributed by atoms with Gasteiger partial charge in [0.15, 0.2) is 0 Å². The summed E-state index contributed by atoms with van der Waals surface area (Å²) in [5.41, 5.74) is 14.0. The number of carbonyl (C=O) groups is 3. The first-order chi connectivity index (χ1) is 18.3. The van der Waals surface area contributed by atoms with Crippen LogP contribution in [0.1, 0.15) is 143 Å². The quantitative estimate of drug-likeness (QED) is 0.0511. The molecule has 0 spiro atoms. The van der Waals surface area contributed by atoms with Crippen molar-refractivity contribution in [2.24, 2.45) is 17.2 Å². The van der Waals surface area contributed by atoms with Gasteiger partial charge < -0.3 is 42.4 Å². The van der Waals surface area contributed by atoms with Crippen molar-refractivity contribution in [2.45, 2.75) is 162 Å². The molecule has 0 fully saturated rings. The summed E-state index contributed by atoms with van der Waals surface area (Å²) < 4.78 is 4.86. The number of esters is 2. The van der Waals surface area contributed by atoms with E-state index in [1.54, 1.807) is 0 Å². The van der Waals surface area contributed by atoms with Crippen LogP contribution in [0.4, 0.5) is 0 Å². The van der Waals surface area contributed by atoms with Crippen LogP contribution < -0.4 is 17.2 Å². The van der Waals surface area contributed by atoms with Crippen molar-refractivity contribution in [2.75, 3.05) is 0 Å². The van der Waals surface area contributed by atoms with Crippen LogP contribution in [0.5, 0.6) is 0 Å². The van der Waals surface area contributed by atoms with E-state index >= 15 is 0 Å². The lowest BCUT2D eigenvalue weighted by molar-refractivity contribution is -0.159. The van der Waals surface area contributed by atoms with Gasteiger partial charge in [0.25, 0.3) is 0 Å². The van der Waals surface area contributed by atoms with Gasteiger partial charge in [0.2, 0.25) is 0 Å². The zero-order valence-corrected chi connectivity index (χ0v) is 25.1. The number of rotatable bonds is 19. The number of nitrogens with two attached hydrogens (primary N) is 3. The number of carboxylic acid groups (broad SMARTS) is 1. The van der Waals surface area contributed by atoms with E-state index < -0.39 is 30.6 Å². The first-order valence-electron chi connectivity index (χ1n) is 14.5. The van der Waals surface area contributed by atoms with Crippen LogP contribution in [-0.4, -0.2) is 57.0 Å². The molecule has 0 heterocycles. The number of aliphatic hydroxyl groups is 3. The molecular weight excluding hydrogens is 506 g/mol. The maximum atomic E-state index is 11.6. The van der Waals surface area contributed by atoms with Gasteiger partial charge in [-0.3, -0.25) is 14.4 Å². The topological polar surface area (TPSA) is 219 Å². The summed E-state index contributed by atoms with van der Waals surface area (Å²) in [5, 5.41) is 32.0. The predicted molar refractivity (Wildman–Crippen MR) is 155 cm³/mol. The van der Waals surface area contributed by atoms with Gasteiger partial charge in [-0.2, -0.15) is 0 Å². The van der Waals surface area contributed by atoms with E-state index in [0.717, 1.165) is 64.2 Å². The molecule has 0 bridgehead atoms. The third kappa shape index (κ3) is 72.3. The van der Waals surface area contributed by atoms with Crippen LogP contribution in [0.15, 0.2) is 0 Å². The Morgan fingerprint density at radius 1 is 0.538 bits per heavy atom. The van der Waals surface area contributed by atoms with Crippen molar-refractivity contribution in [3.63, 3.8) is 0 Å². The normalized spacial score (nSPS) is 12.3. The highest BCUT2D eigenvalue weighted by atomic mass is 16.6. The Balaban J connectivity index is -0.000000424. The minimum absolute atomic E-state index is 0.249. The van der Waals surface area contributed by atoms with E-state index in [9.17, 15) is 14.4 Å². The van der Waals surface area contributed by atoms with Crippen LogP contribution in [-0.2, 0) is 19.1 Å². The monoisotopic (exact) mass is 567 g/mol. The van der Waals surface area contributed by atoms with E-state index in [4.69, 9.17) is 25.2 Å². The van der Waals surface area contributed by atoms with Crippen molar-refractivity contribution in [3.8, 4) is 0 Å². The number of aliphatic carboxylic acids is 1. The van der Waals surface area contributed by atoms with Crippen LogP contribution in [0, 0.1) is 0 Å². The Bertz CT molecular complexity index is 510. The van der Waals surface area contributed by atoms with E-state index in [1.165, 1.54) is 52.9 Å². The number of unbranched alkanes of at least 4 members (excludes halogenated alkanes) is 13. The third-order valence-corrected chi connectivity index (χ3v) is 4.73. The van der Waals surface area contributed by atoms with Gasteiger partial charge in [0.1, 0.15) is 0 Å². The molecule has 0 saturated carbocycles. The first kappa shape index (κ1) is 44.4. The van der Waals surface area contributed by atoms with Gasteiger partial charge >= 0.3 is 17.9 Å². The van der Waals surface area contributed by atoms with Crippen molar-refractivity contribution in [1.82, 2.24) is 0 Å². The highest BCUT2D eigenvalue weighted by Gasteiger charge is 2.09. The molecule has 236 valence electrons. The number of hydrogen-bond acceptors (Lipinski definition) is 10. The summed E-state index contributed by atoms with van der Waals surface area (Å²) in [5.74, 6) is -1.52. The maximum absolute atomic E-state index is 11.6. The molecule has 0 rings (SSSR count). The second kappa shape index (κ2) is 36.4. The van der Waals surface area contributed by atoms with Crippen molar-refractivity contribution < 1.29 is 39.5 Å². The molecule has 0 aliphatic rings. The summed E-state index contributed by atoms with van der Waals surface area (Å²) >= 11 is 0. The zero-order valence-electron chi connectivity index (χ0n) is 25.1. The largest absolute Gasteiger partial charge is 0.481 e. The molecule has 0 aromatic heterocycles. The number of aliphatic hydroxyl groups excluding tert-OH is 3. The molecule has 0 saturated heterocycles. The lowest BCUT2D eigenvalue weighted by Crippen LogP contribution is -2.11. The minimum atomic E-state index is -0.731. The molecule has 0 aliphatic heterocycles. The molecule has 10 N–H and O–H groups in total. The molecule has 0 aromatic rings. The SMILES string of the molecule is CC(N)O.CC(N)O.CC(N)O.CCCCCCCCCCC(=O)OC(=O)CCCCCCCCCC(=O)O. The van der Waals surface area contributed by atoms with Gasteiger partial charge in [-0.15, -0.1) is 0 Å². The number of ether oxygens (including phenoxy) is 1. The van der Waals surface area contributed by atoms with E-state index in [1.807, 2.05) is 0 Å². The summed E-state index contributed by atoms with van der Waals surface area (Å²) in [7, 11) is 0. The Morgan fingerprint density at radius 3 is 1.03 bits per heavy atom. The average Bonchev–Trinajstić information content (AvgIpc) is 2.78. The minimum Gasteiger partial charge on any atom is -0.481 e. The van der Waals surface area contributed by atoms with Crippen LogP contribution in [0.2, 0.25) is 0 Å². The average molecular weight is 568 g/mol. The zero-order chi connectivity index (χ0) is 30.9. The van der Waals surface area contributed by atoms with E-state index in [0.29, 0.717) is 12.8 Å². The summed E-state index contributed by atoms with van der Waals surface area (Å²) in [6.07, 6.45) is 14.8. The molecular formula is C28H61N3O8. The molecule has 11 heteroatoms. The van der Waals surface area contributed by atoms with Crippen molar-refractivity contribution in [1.29, 1.82) is 0 Å². The standard InChI is InChI=1S/C22H40O5.3C2H7NO/c1-2-3-4-5-6-9-12-15-18-21(25)27-22(26)19-16-13-10-7-8-11-14-17-20(23)24;3*1-2(3)4/h2-19H2,1H3,(H,23,24);3*2,4H,3H2,1H3. The lowest BCUT2D eigenvalue weighted by Gasteiger charge is -2.04. The highest BCUT2D eigenvalue weighted by molar-refractivity contribution is 5.85.